The molecule has 1 aliphatic rings. The summed E-state index contributed by atoms with van der Waals surface area (Å²) in [6, 6.07) is 15.5. The highest BCUT2D eigenvalue weighted by molar-refractivity contribution is 5.93. The number of aromatic nitrogens is 1. The Kier molecular flexibility index (Phi) is 5.26. The predicted molar refractivity (Wildman–Crippen MR) is 113 cm³/mol. The van der Waals surface area contributed by atoms with Gasteiger partial charge in [-0.15, -0.1) is 0 Å². The molecule has 1 aliphatic carbocycles. The molecule has 8 nitrogen and oxygen atoms in total. The van der Waals surface area contributed by atoms with Crippen LogP contribution in [-0.4, -0.2) is 15.8 Å². The Bertz CT molecular complexity index is 1180. The molecule has 1 aromatic heterocycles. The normalized spacial score (nSPS) is 13.3. The quantitative estimate of drug-likeness (QED) is 0.467. The minimum atomic E-state index is -0.497. The number of pyridine rings is 1. The summed E-state index contributed by atoms with van der Waals surface area (Å²) in [6.45, 7) is 0.448. The number of nitro groups is 1. The molecule has 0 unspecified atom stereocenters. The third-order valence-electron chi connectivity index (χ3n) is 5.27. The lowest BCUT2D eigenvalue weighted by atomic mass is 9.85. The maximum Gasteiger partial charge on any atom is 0.270 e. The van der Waals surface area contributed by atoms with E-state index in [4.69, 9.17) is 0 Å². The van der Waals surface area contributed by atoms with Crippen LogP contribution in [-0.2, 0) is 11.3 Å². The van der Waals surface area contributed by atoms with Gasteiger partial charge in [0, 0.05) is 35.7 Å². The second kappa shape index (κ2) is 8.17. The first-order chi connectivity index (χ1) is 14.5. The van der Waals surface area contributed by atoms with E-state index in [2.05, 4.69) is 21.7 Å². The third kappa shape index (κ3) is 4.05. The van der Waals surface area contributed by atoms with Crippen molar-refractivity contribution in [3.05, 3.63) is 69.8 Å². The number of fused-ring (bicyclic) bond motifs is 1. The lowest BCUT2D eigenvalue weighted by Crippen LogP contribution is -2.28. The number of carbonyl (C=O) groups excluding carboxylic acids is 1. The van der Waals surface area contributed by atoms with Gasteiger partial charge in [0.15, 0.2) is 0 Å². The molecule has 0 bridgehead atoms. The van der Waals surface area contributed by atoms with E-state index >= 15 is 0 Å². The molecule has 0 spiro atoms. The predicted octanol–water partition coefficient (Wildman–Crippen LogP) is 4.37. The van der Waals surface area contributed by atoms with E-state index in [0.29, 0.717) is 28.8 Å². The number of hydrogen-bond donors (Lipinski definition) is 2. The zero-order valence-electron chi connectivity index (χ0n) is 16.1. The lowest BCUT2D eigenvalue weighted by Gasteiger charge is -2.24. The third-order valence-corrected chi connectivity index (χ3v) is 5.27. The van der Waals surface area contributed by atoms with Crippen LogP contribution in [0.1, 0.15) is 30.4 Å². The SMILES string of the molecule is N#Cc1cc(NCc2cccc(NC(=O)C3CCC3)c2)nc2ccc([N+](=O)[O-])cc12. The van der Waals surface area contributed by atoms with Crippen LogP contribution in [0.2, 0.25) is 0 Å². The molecule has 1 amide bonds. The fourth-order valence-electron chi connectivity index (χ4n) is 3.38. The molecule has 1 heterocycles. The van der Waals surface area contributed by atoms with Crippen LogP contribution in [0.3, 0.4) is 0 Å². The number of amides is 1. The van der Waals surface area contributed by atoms with Crippen molar-refractivity contribution in [1.29, 1.82) is 5.26 Å². The van der Waals surface area contributed by atoms with Gasteiger partial charge in [0.25, 0.3) is 5.69 Å². The van der Waals surface area contributed by atoms with Crippen molar-refractivity contribution in [3.8, 4) is 6.07 Å². The summed E-state index contributed by atoms with van der Waals surface area (Å²) in [5.41, 5.74) is 2.44. The van der Waals surface area contributed by atoms with E-state index in [1.807, 2.05) is 24.3 Å². The molecule has 2 N–H and O–H groups in total. The molecule has 4 rings (SSSR count). The van der Waals surface area contributed by atoms with Crippen molar-refractivity contribution in [2.24, 2.45) is 5.92 Å². The summed E-state index contributed by atoms with van der Waals surface area (Å²) >= 11 is 0. The maximum absolute atomic E-state index is 12.1. The van der Waals surface area contributed by atoms with Crippen molar-refractivity contribution in [3.63, 3.8) is 0 Å². The molecular formula is C22H19N5O3. The Morgan fingerprint density at radius 1 is 1.23 bits per heavy atom. The largest absolute Gasteiger partial charge is 0.366 e. The van der Waals surface area contributed by atoms with E-state index in [-0.39, 0.29) is 17.5 Å². The zero-order chi connectivity index (χ0) is 21.1. The Balaban J connectivity index is 1.50. The minimum absolute atomic E-state index is 0.0651. The van der Waals surface area contributed by atoms with Gasteiger partial charge in [-0.2, -0.15) is 5.26 Å². The average molecular weight is 401 g/mol. The summed E-state index contributed by atoms with van der Waals surface area (Å²) in [4.78, 5) is 27.1. The number of hydrogen-bond acceptors (Lipinski definition) is 6. The Morgan fingerprint density at radius 2 is 2.07 bits per heavy atom. The number of carbonyl (C=O) groups is 1. The number of non-ortho nitro benzene ring substituents is 1. The maximum atomic E-state index is 12.1. The smallest absolute Gasteiger partial charge is 0.270 e. The number of nitriles is 1. The summed E-state index contributed by atoms with van der Waals surface area (Å²) in [5, 5.41) is 27.0. The van der Waals surface area contributed by atoms with Gasteiger partial charge in [-0.3, -0.25) is 14.9 Å². The molecule has 30 heavy (non-hydrogen) atoms. The first-order valence-electron chi connectivity index (χ1n) is 9.66. The molecule has 2 aromatic carbocycles. The van der Waals surface area contributed by atoms with Gasteiger partial charge in [0.05, 0.1) is 22.1 Å². The molecule has 0 aliphatic heterocycles. The molecule has 0 atom stereocenters. The second-order valence-corrected chi connectivity index (χ2v) is 7.30. The molecule has 1 saturated carbocycles. The number of nitro benzene ring substituents is 1. The highest BCUT2D eigenvalue weighted by Crippen LogP contribution is 2.28. The van der Waals surface area contributed by atoms with Crippen LogP contribution in [0.4, 0.5) is 17.2 Å². The van der Waals surface area contributed by atoms with Crippen molar-refractivity contribution >= 4 is 34.0 Å². The fraction of sp³-hybridized carbons (Fsp3) is 0.227. The number of rotatable bonds is 6. The van der Waals surface area contributed by atoms with Crippen molar-refractivity contribution in [1.82, 2.24) is 4.98 Å². The highest BCUT2D eigenvalue weighted by Gasteiger charge is 2.25. The molecule has 0 radical (unpaired) electrons. The molecule has 1 fully saturated rings. The first-order valence-corrected chi connectivity index (χ1v) is 9.66. The van der Waals surface area contributed by atoms with Gasteiger partial charge in [-0.1, -0.05) is 18.6 Å². The summed E-state index contributed by atoms with van der Waals surface area (Å²) in [6.07, 6.45) is 3.01. The monoisotopic (exact) mass is 401 g/mol. The number of benzene rings is 2. The molecule has 150 valence electrons. The van der Waals surface area contributed by atoms with E-state index in [0.717, 1.165) is 30.5 Å². The first kappa shape index (κ1) is 19.3. The fourth-order valence-corrected chi connectivity index (χ4v) is 3.38. The summed E-state index contributed by atoms with van der Waals surface area (Å²) in [5.74, 6) is 0.681. The van der Waals surface area contributed by atoms with Gasteiger partial charge in [0.2, 0.25) is 5.91 Å². The molecular weight excluding hydrogens is 382 g/mol. The molecule has 0 saturated heterocycles. The van der Waals surface area contributed by atoms with E-state index in [1.54, 1.807) is 6.07 Å². The Hall–Kier alpha value is -3.99. The van der Waals surface area contributed by atoms with Crippen LogP contribution in [0.5, 0.6) is 0 Å². The van der Waals surface area contributed by atoms with Gasteiger partial charge < -0.3 is 10.6 Å². The van der Waals surface area contributed by atoms with Gasteiger partial charge in [-0.05, 0) is 42.7 Å². The average Bonchev–Trinajstić information content (AvgIpc) is 2.70. The van der Waals surface area contributed by atoms with Gasteiger partial charge >= 0.3 is 0 Å². The number of nitrogens with zero attached hydrogens (tertiary/aromatic N) is 3. The van der Waals surface area contributed by atoms with Gasteiger partial charge in [0.1, 0.15) is 5.82 Å². The van der Waals surface area contributed by atoms with E-state index in [1.165, 1.54) is 18.2 Å². The Labute approximate surface area is 172 Å². The van der Waals surface area contributed by atoms with Crippen LogP contribution in [0.25, 0.3) is 10.9 Å². The lowest BCUT2D eigenvalue weighted by molar-refractivity contribution is -0.384. The van der Waals surface area contributed by atoms with Gasteiger partial charge in [-0.25, -0.2) is 4.98 Å². The summed E-state index contributed by atoms with van der Waals surface area (Å²) in [7, 11) is 0. The van der Waals surface area contributed by atoms with Crippen molar-refractivity contribution in [2.75, 3.05) is 10.6 Å². The van der Waals surface area contributed by atoms with Crippen molar-refractivity contribution < 1.29 is 9.72 Å². The van der Waals surface area contributed by atoms with E-state index in [9.17, 15) is 20.2 Å². The molecule has 8 heteroatoms. The zero-order valence-corrected chi connectivity index (χ0v) is 16.1. The topological polar surface area (TPSA) is 121 Å². The summed E-state index contributed by atoms with van der Waals surface area (Å²) < 4.78 is 0. The standard InChI is InChI=1S/C22H19N5O3/c23-12-16-10-21(26-20-8-7-18(27(29)30)11-19(16)20)24-13-14-3-1-6-17(9-14)25-22(28)15-4-2-5-15/h1,3,6-11,15H,2,4-5,13H2,(H,24,26)(H,25,28). The Morgan fingerprint density at radius 3 is 2.77 bits per heavy atom. The minimum Gasteiger partial charge on any atom is -0.366 e. The van der Waals surface area contributed by atoms with Crippen LogP contribution in [0, 0.1) is 27.4 Å². The van der Waals surface area contributed by atoms with Crippen LogP contribution < -0.4 is 10.6 Å². The number of anilines is 2. The second-order valence-electron chi connectivity index (χ2n) is 7.30. The number of nitrogens with one attached hydrogen (secondary N) is 2. The van der Waals surface area contributed by atoms with Crippen LogP contribution in [0.15, 0.2) is 48.5 Å². The van der Waals surface area contributed by atoms with E-state index < -0.39 is 4.92 Å². The molecule has 3 aromatic rings. The van der Waals surface area contributed by atoms with Crippen LogP contribution >= 0.6 is 0 Å². The van der Waals surface area contributed by atoms with Crippen molar-refractivity contribution in [2.45, 2.75) is 25.8 Å². The highest BCUT2D eigenvalue weighted by atomic mass is 16.6.